The van der Waals surface area contributed by atoms with Crippen LogP contribution in [0.3, 0.4) is 0 Å². The second-order valence-electron chi connectivity index (χ2n) is 8.53. The molecule has 2 aliphatic rings. The lowest BCUT2D eigenvalue weighted by Gasteiger charge is -2.31. The highest BCUT2D eigenvalue weighted by atomic mass is 16.7. The maximum absolute atomic E-state index is 12.6. The molecule has 0 bridgehead atoms. The largest absolute Gasteiger partial charge is 0.479 e. The Hall–Kier alpha value is -3.39. The van der Waals surface area contributed by atoms with Gasteiger partial charge in [-0.25, -0.2) is 15.1 Å². The summed E-state index contributed by atoms with van der Waals surface area (Å²) in [6.45, 7) is -0.363. The van der Waals surface area contributed by atoms with E-state index in [1.165, 1.54) is 11.1 Å². The zero-order valence-corrected chi connectivity index (χ0v) is 18.3. The molecule has 1 saturated carbocycles. The van der Waals surface area contributed by atoms with Crippen LogP contribution >= 0.6 is 0 Å². The summed E-state index contributed by atoms with van der Waals surface area (Å²) in [4.78, 5) is 39.9. The number of hydrogen-bond donors (Lipinski definition) is 3. The fraction of sp³-hybridized carbons (Fsp3) is 0.400. The monoisotopic (exact) mass is 452 g/mol. The minimum absolute atomic E-state index is 0.0116. The number of aliphatic carboxylic acids is 1. The molecule has 2 aromatic rings. The number of carbonyl (C=O) groups is 3. The van der Waals surface area contributed by atoms with Gasteiger partial charge in [0.1, 0.15) is 6.61 Å². The van der Waals surface area contributed by atoms with E-state index < -0.39 is 24.6 Å². The third-order valence-corrected chi connectivity index (χ3v) is 6.39. The molecule has 174 valence electrons. The molecular formula is C25H28N2O6. The van der Waals surface area contributed by atoms with Crippen LogP contribution in [-0.2, 0) is 19.2 Å². The second-order valence-corrected chi connectivity index (χ2v) is 8.53. The van der Waals surface area contributed by atoms with Gasteiger partial charge in [0.25, 0.3) is 0 Å². The molecule has 4 rings (SSSR count). The van der Waals surface area contributed by atoms with Gasteiger partial charge in [-0.1, -0.05) is 61.4 Å². The van der Waals surface area contributed by atoms with Crippen LogP contribution in [0.15, 0.2) is 48.5 Å². The molecule has 0 saturated heterocycles. The normalized spacial score (nSPS) is 19.3. The highest BCUT2D eigenvalue weighted by molar-refractivity contribution is 5.79. The number of fused-ring (bicyclic) bond motifs is 3. The van der Waals surface area contributed by atoms with E-state index in [1.807, 2.05) is 24.3 Å². The van der Waals surface area contributed by atoms with E-state index in [4.69, 9.17) is 9.84 Å². The minimum Gasteiger partial charge on any atom is -0.479 e. The molecule has 2 amide bonds. The fourth-order valence-corrected chi connectivity index (χ4v) is 4.89. The van der Waals surface area contributed by atoms with Gasteiger partial charge in [-0.15, -0.1) is 0 Å². The summed E-state index contributed by atoms with van der Waals surface area (Å²) in [5, 5.41) is 11.5. The molecule has 0 unspecified atom stereocenters. The van der Waals surface area contributed by atoms with E-state index in [0.717, 1.165) is 36.8 Å². The lowest BCUT2D eigenvalue weighted by atomic mass is 9.82. The molecule has 0 spiro atoms. The number of ether oxygens (including phenoxy) is 1. The molecule has 8 heteroatoms. The number of amides is 2. The van der Waals surface area contributed by atoms with Gasteiger partial charge >= 0.3 is 12.1 Å². The number of nitrogens with one attached hydrogen (secondary N) is 2. The molecule has 33 heavy (non-hydrogen) atoms. The third-order valence-electron chi connectivity index (χ3n) is 6.39. The summed E-state index contributed by atoms with van der Waals surface area (Å²) in [5.74, 6) is -1.64. The summed E-state index contributed by atoms with van der Waals surface area (Å²) >= 11 is 0. The van der Waals surface area contributed by atoms with Crippen molar-refractivity contribution in [2.75, 3.05) is 13.2 Å². The predicted octanol–water partition coefficient (Wildman–Crippen LogP) is 3.61. The van der Waals surface area contributed by atoms with Crippen LogP contribution in [0.5, 0.6) is 0 Å². The Morgan fingerprint density at radius 2 is 1.58 bits per heavy atom. The smallest absolute Gasteiger partial charge is 0.407 e. The summed E-state index contributed by atoms with van der Waals surface area (Å²) in [6, 6.07) is 16.2. The zero-order chi connectivity index (χ0) is 23.2. The Morgan fingerprint density at radius 3 is 2.24 bits per heavy atom. The van der Waals surface area contributed by atoms with Crippen molar-refractivity contribution in [3.63, 3.8) is 0 Å². The lowest BCUT2D eigenvalue weighted by Crippen LogP contribution is -2.44. The van der Waals surface area contributed by atoms with E-state index in [-0.39, 0.29) is 30.9 Å². The van der Waals surface area contributed by atoms with E-state index in [0.29, 0.717) is 0 Å². The first-order valence-corrected chi connectivity index (χ1v) is 11.3. The minimum atomic E-state index is -1.16. The van der Waals surface area contributed by atoms with Crippen LogP contribution in [0.25, 0.3) is 11.1 Å². The van der Waals surface area contributed by atoms with Crippen LogP contribution in [0, 0.1) is 5.92 Å². The summed E-state index contributed by atoms with van der Waals surface area (Å²) in [5.41, 5.74) is 6.80. The predicted molar refractivity (Wildman–Crippen MR) is 120 cm³/mol. The zero-order valence-electron chi connectivity index (χ0n) is 18.3. The molecule has 0 radical (unpaired) electrons. The van der Waals surface area contributed by atoms with Crippen molar-refractivity contribution in [3.8, 4) is 11.1 Å². The Labute approximate surface area is 192 Å². The average molecular weight is 453 g/mol. The molecule has 1 fully saturated rings. The first kappa shape index (κ1) is 22.8. The maximum atomic E-state index is 12.6. The lowest BCUT2D eigenvalue weighted by molar-refractivity contribution is -0.149. The molecule has 2 aliphatic carbocycles. The van der Waals surface area contributed by atoms with Crippen molar-refractivity contribution in [2.45, 2.75) is 44.1 Å². The number of carboxylic acid groups (broad SMARTS) is 1. The highest BCUT2D eigenvalue weighted by Gasteiger charge is 2.31. The number of rotatable bonds is 8. The highest BCUT2D eigenvalue weighted by Crippen LogP contribution is 2.44. The summed E-state index contributed by atoms with van der Waals surface area (Å²) in [7, 11) is 0. The number of hydrogen-bond acceptors (Lipinski definition) is 5. The van der Waals surface area contributed by atoms with Gasteiger partial charge in [0.05, 0.1) is 0 Å². The molecule has 8 nitrogen and oxygen atoms in total. The summed E-state index contributed by atoms with van der Waals surface area (Å²) in [6.07, 6.45) is 3.14. The third kappa shape index (κ3) is 5.51. The van der Waals surface area contributed by atoms with Gasteiger partial charge in [-0.05, 0) is 41.0 Å². The standard InChI is InChI=1S/C25H28N2O6/c28-23(27-33-15-24(29)30)13-16-7-1-6-12-22(16)26-25(31)32-14-21-19-10-4-2-8-17(19)18-9-3-5-11-20(18)21/h2-5,8-11,16,21-22H,1,6-7,12-15H2,(H,26,31)(H,27,28)(H,29,30)/t16-,22-/m1/s1. The van der Waals surface area contributed by atoms with Crippen LogP contribution in [0.1, 0.15) is 49.1 Å². The molecule has 0 aliphatic heterocycles. The van der Waals surface area contributed by atoms with Crippen molar-refractivity contribution in [3.05, 3.63) is 59.7 Å². The van der Waals surface area contributed by atoms with E-state index in [9.17, 15) is 14.4 Å². The molecule has 0 aromatic heterocycles. The van der Waals surface area contributed by atoms with Gasteiger partial charge < -0.3 is 15.2 Å². The summed E-state index contributed by atoms with van der Waals surface area (Å²) < 4.78 is 5.65. The van der Waals surface area contributed by atoms with Crippen molar-refractivity contribution < 1.29 is 29.1 Å². The van der Waals surface area contributed by atoms with E-state index >= 15 is 0 Å². The van der Waals surface area contributed by atoms with Crippen LogP contribution < -0.4 is 10.8 Å². The first-order chi connectivity index (χ1) is 16.0. The number of alkyl carbamates (subject to hydrolysis) is 1. The topological polar surface area (TPSA) is 114 Å². The number of carbonyl (C=O) groups excluding carboxylic acids is 2. The van der Waals surface area contributed by atoms with Crippen LogP contribution in [0.2, 0.25) is 0 Å². The van der Waals surface area contributed by atoms with Crippen LogP contribution in [-0.4, -0.2) is 42.3 Å². The van der Waals surface area contributed by atoms with Crippen molar-refractivity contribution >= 4 is 18.0 Å². The van der Waals surface area contributed by atoms with E-state index in [2.05, 4.69) is 39.9 Å². The quantitative estimate of drug-likeness (QED) is 0.528. The Bertz CT molecular complexity index is 978. The molecule has 0 heterocycles. The van der Waals surface area contributed by atoms with Gasteiger partial charge in [-0.2, -0.15) is 0 Å². The molecule has 2 aromatic carbocycles. The van der Waals surface area contributed by atoms with Gasteiger partial charge in [0, 0.05) is 18.4 Å². The van der Waals surface area contributed by atoms with Crippen molar-refractivity contribution in [1.29, 1.82) is 0 Å². The van der Waals surface area contributed by atoms with Gasteiger partial charge in [0.2, 0.25) is 5.91 Å². The van der Waals surface area contributed by atoms with Crippen molar-refractivity contribution in [1.82, 2.24) is 10.8 Å². The Balaban J connectivity index is 1.32. The van der Waals surface area contributed by atoms with Gasteiger partial charge in [-0.3, -0.25) is 9.63 Å². The number of benzene rings is 2. The van der Waals surface area contributed by atoms with Crippen molar-refractivity contribution in [2.24, 2.45) is 5.92 Å². The Kier molecular flexibility index (Phi) is 7.24. The number of hydroxylamine groups is 1. The molecular weight excluding hydrogens is 424 g/mol. The average Bonchev–Trinajstić information content (AvgIpc) is 3.12. The first-order valence-electron chi connectivity index (χ1n) is 11.3. The molecule has 2 atom stereocenters. The van der Waals surface area contributed by atoms with Gasteiger partial charge in [0.15, 0.2) is 6.61 Å². The van der Waals surface area contributed by atoms with E-state index in [1.54, 1.807) is 0 Å². The maximum Gasteiger partial charge on any atom is 0.407 e. The SMILES string of the molecule is O=C(O)CONC(=O)C[C@H]1CCCC[C@H]1NC(=O)OCC1c2ccccc2-c2ccccc21. The second kappa shape index (κ2) is 10.5. The number of carboxylic acids is 1. The molecule has 3 N–H and O–H groups in total. The fourth-order valence-electron chi connectivity index (χ4n) is 4.89. The Morgan fingerprint density at radius 1 is 0.939 bits per heavy atom. The van der Waals surface area contributed by atoms with Crippen LogP contribution in [0.4, 0.5) is 4.79 Å².